The normalized spacial score (nSPS) is 14.4. The van der Waals surface area contributed by atoms with Gasteiger partial charge in [-0.25, -0.2) is 0 Å². The maximum Gasteiger partial charge on any atom is 0.243 e. The molecule has 7 heteroatoms. The number of hydrogen-bond acceptors (Lipinski definition) is 3. The van der Waals surface area contributed by atoms with Gasteiger partial charge in [0.05, 0.1) is 6.61 Å². The van der Waals surface area contributed by atoms with Crippen molar-refractivity contribution < 1.29 is 14.3 Å². The minimum Gasteiger partial charge on any atom is -0.494 e. The highest BCUT2D eigenvalue weighted by atomic mass is 79.9. The van der Waals surface area contributed by atoms with Crippen molar-refractivity contribution in [2.24, 2.45) is 0 Å². The van der Waals surface area contributed by atoms with E-state index in [1.165, 1.54) is 6.42 Å². The molecule has 3 aromatic carbocycles. The smallest absolute Gasteiger partial charge is 0.243 e. The van der Waals surface area contributed by atoms with Crippen LogP contribution in [0.5, 0.6) is 5.75 Å². The Morgan fingerprint density at radius 3 is 2.38 bits per heavy atom. The lowest BCUT2D eigenvalue weighted by Crippen LogP contribution is -2.52. The van der Waals surface area contributed by atoms with E-state index in [0.717, 1.165) is 41.3 Å². The van der Waals surface area contributed by atoms with E-state index in [-0.39, 0.29) is 24.3 Å². The van der Waals surface area contributed by atoms with Crippen LogP contribution in [0.3, 0.4) is 0 Å². The summed E-state index contributed by atoms with van der Waals surface area (Å²) in [7, 11) is 0. The zero-order valence-corrected chi connectivity index (χ0v) is 24.5. The highest BCUT2D eigenvalue weighted by molar-refractivity contribution is 9.10. The van der Waals surface area contributed by atoms with Crippen LogP contribution in [0.2, 0.25) is 5.02 Å². The summed E-state index contributed by atoms with van der Waals surface area (Å²) in [6, 6.07) is 24.6. The van der Waals surface area contributed by atoms with Crippen molar-refractivity contribution >= 4 is 39.3 Å². The number of carbonyl (C=O) groups excluding carboxylic acids is 2. The fourth-order valence-corrected chi connectivity index (χ4v) is 5.59. The third-order valence-corrected chi connectivity index (χ3v) is 7.83. The van der Waals surface area contributed by atoms with Crippen molar-refractivity contribution in [2.45, 2.75) is 70.0 Å². The second-order valence-electron chi connectivity index (χ2n) is 10.1. The molecule has 1 N–H and O–H groups in total. The summed E-state index contributed by atoms with van der Waals surface area (Å²) in [6.45, 7) is 0.752. The molecule has 0 saturated heterocycles. The molecule has 0 unspecified atom stereocenters. The fraction of sp³-hybridized carbons (Fsp3) is 0.375. The fourth-order valence-electron chi connectivity index (χ4n) is 5.02. The Morgan fingerprint density at radius 1 is 0.949 bits per heavy atom. The Bertz CT molecular complexity index is 1200. The first kappa shape index (κ1) is 29.2. The number of rotatable bonds is 12. The summed E-state index contributed by atoms with van der Waals surface area (Å²) in [5.41, 5.74) is 2.00. The molecule has 0 radical (unpaired) electrons. The van der Waals surface area contributed by atoms with Gasteiger partial charge in [0.2, 0.25) is 11.8 Å². The highest BCUT2D eigenvalue weighted by Crippen LogP contribution is 2.22. The maximum atomic E-state index is 13.8. The standard InChI is InChI=1S/C32H36BrClN2O3/c33-26-12-7-11-25(21-26)23-36(31(37)15-8-20-39-29-18-16-27(34)17-19-29)30(22-24-9-3-1-4-10-24)32(38)35-28-13-5-2-6-14-28/h1,3-4,7,9-12,16-19,21,28,30H,2,5-6,8,13-15,20,22-23H2,(H,35,38)/t30-/m1/s1. The van der Waals surface area contributed by atoms with Crippen LogP contribution in [0.15, 0.2) is 83.3 Å². The molecule has 206 valence electrons. The van der Waals surface area contributed by atoms with Crippen molar-refractivity contribution in [2.75, 3.05) is 6.61 Å². The lowest BCUT2D eigenvalue weighted by Gasteiger charge is -2.33. The van der Waals surface area contributed by atoms with Crippen LogP contribution >= 0.6 is 27.5 Å². The van der Waals surface area contributed by atoms with E-state index >= 15 is 0 Å². The van der Waals surface area contributed by atoms with Crippen LogP contribution in [0.25, 0.3) is 0 Å². The Balaban J connectivity index is 1.51. The summed E-state index contributed by atoms with van der Waals surface area (Å²) in [6.07, 6.45) is 6.73. The van der Waals surface area contributed by atoms with Crippen LogP contribution in [0, 0.1) is 0 Å². The average molecular weight is 612 g/mol. The minimum absolute atomic E-state index is 0.0607. The van der Waals surface area contributed by atoms with Gasteiger partial charge in [-0.1, -0.05) is 89.3 Å². The molecule has 1 atom stereocenters. The second-order valence-corrected chi connectivity index (χ2v) is 11.5. The van der Waals surface area contributed by atoms with E-state index in [2.05, 4.69) is 21.2 Å². The number of carbonyl (C=O) groups is 2. The lowest BCUT2D eigenvalue weighted by molar-refractivity contribution is -0.141. The van der Waals surface area contributed by atoms with Crippen molar-refractivity contribution in [3.05, 3.63) is 99.5 Å². The van der Waals surface area contributed by atoms with Crippen LogP contribution in [0.1, 0.15) is 56.1 Å². The van der Waals surface area contributed by atoms with Gasteiger partial charge in [0.25, 0.3) is 0 Å². The van der Waals surface area contributed by atoms with Crippen LogP contribution in [-0.4, -0.2) is 35.4 Å². The average Bonchev–Trinajstić information content (AvgIpc) is 2.95. The molecule has 0 aromatic heterocycles. The van der Waals surface area contributed by atoms with Crippen molar-refractivity contribution in [3.8, 4) is 5.75 Å². The molecule has 0 heterocycles. The molecular formula is C32H36BrClN2O3. The first-order valence-corrected chi connectivity index (χ1v) is 14.9. The number of nitrogens with one attached hydrogen (secondary N) is 1. The molecule has 0 bridgehead atoms. The topological polar surface area (TPSA) is 58.6 Å². The van der Waals surface area contributed by atoms with Gasteiger partial charge in [-0.15, -0.1) is 0 Å². The van der Waals surface area contributed by atoms with Gasteiger partial charge in [-0.2, -0.15) is 0 Å². The molecule has 1 aliphatic carbocycles. The summed E-state index contributed by atoms with van der Waals surface area (Å²) in [5, 5.41) is 3.94. The van der Waals surface area contributed by atoms with Gasteiger partial charge in [0.15, 0.2) is 0 Å². The number of hydrogen-bond donors (Lipinski definition) is 1. The third kappa shape index (κ3) is 9.40. The van der Waals surface area contributed by atoms with Crippen molar-refractivity contribution in [3.63, 3.8) is 0 Å². The largest absolute Gasteiger partial charge is 0.494 e. The van der Waals surface area contributed by atoms with Gasteiger partial charge in [0.1, 0.15) is 11.8 Å². The van der Waals surface area contributed by atoms with Gasteiger partial charge >= 0.3 is 0 Å². The number of halogens is 2. The van der Waals surface area contributed by atoms with E-state index < -0.39 is 6.04 Å². The second kappa shape index (κ2) is 15.1. The SMILES string of the molecule is O=C(NC1CCCCC1)[C@@H](Cc1ccccc1)N(Cc1cccc(Br)c1)C(=O)CCCOc1ccc(Cl)cc1. The summed E-state index contributed by atoms with van der Waals surface area (Å²) in [5.74, 6) is 0.576. The predicted molar refractivity (Wildman–Crippen MR) is 160 cm³/mol. The Hall–Kier alpha value is -2.83. The van der Waals surface area contributed by atoms with E-state index in [0.29, 0.717) is 36.8 Å². The first-order valence-electron chi connectivity index (χ1n) is 13.7. The molecule has 1 fully saturated rings. The van der Waals surface area contributed by atoms with Gasteiger partial charge in [-0.3, -0.25) is 9.59 Å². The molecule has 4 rings (SSSR count). The first-order chi connectivity index (χ1) is 19.0. The van der Waals surface area contributed by atoms with E-state index in [1.54, 1.807) is 17.0 Å². The number of amides is 2. The van der Waals surface area contributed by atoms with E-state index in [1.807, 2.05) is 66.7 Å². The summed E-state index contributed by atoms with van der Waals surface area (Å²) in [4.78, 5) is 29.3. The number of benzene rings is 3. The molecule has 1 saturated carbocycles. The molecular weight excluding hydrogens is 576 g/mol. The van der Waals surface area contributed by atoms with E-state index in [4.69, 9.17) is 16.3 Å². The summed E-state index contributed by atoms with van der Waals surface area (Å²) < 4.78 is 6.75. The molecule has 3 aromatic rings. The molecule has 0 aliphatic heterocycles. The minimum atomic E-state index is -0.613. The predicted octanol–water partition coefficient (Wildman–Crippen LogP) is 7.35. The maximum absolute atomic E-state index is 13.8. The Kier molecular flexibility index (Phi) is 11.3. The van der Waals surface area contributed by atoms with Gasteiger partial charge < -0.3 is 15.0 Å². The quantitative estimate of drug-likeness (QED) is 0.218. The Morgan fingerprint density at radius 2 is 1.67 bits per heavy atom. The van der Waals surface area contributed by atoms with Crippen LogP contribution in [-0.2, 0) is 22.6 Å². The highest BCUT2D eigenvalue weighted by Gasteiger charge is 2.31. The zero-order chi connectivity index (χ0) is 27.5. The van der Waals surface area contributed by atoms with Crippen molar-refractivity contribution in [1.82, 2.24) is 10.2 Å². The molecule has 2 amide bonds. The summed E-state index contributed by atoms with van der Waals surface area (Å²) >= 11 is 9.50. The zero-order valence-electron chi connectivity index (χ0n) is 22.2. The van der Waals surface area contributed by atoms with Crippen LogP contribution in [0.4, 0.5) is 0 Å². The Labute approximate surface area is 245 Å². The molecule has 39 heavy (non-hydrogen) atoms. The molecule has 0 spiro atoms. The van der Waals surface area contributed by atoms with Crippen LogP contribution < -0.4 is 10.1 Å². The third-order valence-electron chi connectivity index (χ3n) is 7.08. The van der Waals surface area contributed by atoms with Gasteiger partial charge in [-0.05, 0) is 66.8 Å². The molecule has 5 nitrogen and oxygen atoms in total. The van der Waals surface area contributed by atoms with Crippen molar-refractivity contribution in [1.29, 1.82) is 0 Å². The number of ether oxygens (including phenoxy) is 1. The number of nitrogens with zero attached hydrogens (tertiary/aromatic N) is 1. The lowest BCUT2D eigenvalue weighted by atomic mass is 9.94. The van der Waals surface area contributed by atoms with Gasteiger partial charge in [0, 0.05) is 34.9 Å². The monoisotopic (exact) mass is 610 g/mol. The van der Waals surface area contributed by atoms with E-state index in [9.17, 15) is 9.59 Å². The molecule has 1 aliphatic rings.